The van der Waals surface area contributed by atoms with E-state index in [-0.39, 0.29) is 12.1 Å². The van der Waals surface area contributed by atoms with Crippen LogP contribution in [0.5, 0.6) is 0 Å². The van der Waals surface area contributed by atoms with Gasteiger partial charge in [0.15, 0.2) is 5.96 Å². The summed E-state index contributed by atoms with van der Waals surface area (Å²) < 4.78 is 37.7. The summed E-state index contributed by atoms with van der Waals surface area (Å²) in [6, 6.07) is 3.55. The number of rotatable bonds is 7. The number of benzene rings is 1. The fraction of sp³-hybridized carbons (Fsp3) is 0.588. The second kappa shape index (κ2) is 9.54. The molecule has 1 aromatic rings. The van der Waals surface area contributed by atoms with Crippen molar-refractivity contribution in [2.75, 3.05) is 33.4 Å². The van der Waals surface area contributed by atoms with Crippen LogP contribution in [0.1, 0.15) is 18.9 Å². The van der Waals surface area contributed by atoms with Crippen molar-refractivity contribution in [3.63, 3.8) is 0 Å². The Balaban J connectivity index is 1.70. The Morgan fingerprint density at radius 1 is 1.46 bits per heavy atom. The molecule has 2 unspecified atom stereocenters. The molecule has 2 atom stereocenters. The van der Waals surface area contributed by atoms with Gasteiger partial charge in [-0.25, -0.2) is 8.78 Å². The standard InChI is InChI=1S/C17H25F2N3O2/c1-12(10-24-15-6-8-23-11-15)22-17(20-2)21-7-5-13-9-14(18)3-4-16(13)19/h3-4,9,12,15H,5-8,10-11H2,1-2H3,(H2,20,21,22). The van der Waals surface area contributed by atoms with E-state index in [1.54, 1.807) is 7.05 Å². The van der Waals surface area contributed by atoms with Gasteiger partial charge in [0, 0.05) is 26.2 Å². The summed E-state index contributed by atoms with van der Waals surface area (Å²) >= 11 is 0. The average Bonchev–Trinajstić information content (AvgIpc) is 3.08. The lowest BCUT2D eigenvalue weighted by Gasteiger charge is -2.19. The Kier molecular flexibility index (Phi) is 7.39. The molecule has 1 aromatic carbocycles. The monoisotopic (exact) mass is 341 g/mol. The van der Waals surface area contributed by atoms with E-state index in [2.05, 4.69) is 15.6 Å². The van der Waals surface area contributed by atoms with E-state index >= 15 is 0 Å². The highest BCUT2D eigenvalue weighted by atomic mass is 19.1. The highest BCUT2D eigenvalue weighted by Gasteiger charge is 2.17. The van der Waals surface area contributed by atoms with Crippen LogP contribution in [0, 0.1) is 11.6 Å². The normalized spacial score (nSPS) is 19.3. The summed E-state index contributed by atoms with van der Waals surface area (Å²) in [6.07, 6.45) is 1.47. The van der Waals surface area contributed by atoms with Gasteiger partial charge in [-0.1, -0.05) is 0 Å². The van der Waals surface area contributed by atoms with Crippen LogP contribution < -0.4 is 10.6 Å². The third kappa shape index (κ3) is 6.05. The highest BCUT2D eigenvalue weighted by Crippen LogP contribution is 2.10. The van der Waals surface area contributed by atoms with Crippen molar-refractivity contribution in [3.05, 3.63) is 35.4 Å². The molecule has 1 heterocycles. The van der Waals surface area contributed by atoms with Crippen molar-refractivity contribution in [2.24, 2.45) is 4.99 Å². The molecular formula is C17H25F2N3O2. The molecule has 7 heteroatoms. The van der Waals surface area contributed by atoms with Crippen molar-refractivity contribution in [2.45, 2.75) is 31.9 Å². The molecule has 1 aliphatic heterocycles. The van der Waals surface area contributed by atoms with E-state index in [0.717, 1.165) is 25.2 Å². The number of hydrogen-bond acceptors (Lipinski definition) is 3. The van der Waals surface area contributed by atoms with Crippen molar-refractivity contribution in [1.82, 2.24) is 10.6 Å². The zero-order valence-electron chi connectivity index (χ0n) is 14.1. The maximum Gasteiger partial charge on any atom is 0.191 e. The summed E-state index contributed by atoms with van der Waals surface area (Å²) in [6.45, 7) is 4.40. The van der Waals surface area contributed by atoms with Gasteiger partial charge in [0.05, 0.1) is 19.3 Å². The number of ether oxygens (including phenoxy) is 2. The lowest BCUT2D eigenvalue weighted by atomic mass is 10.1. The van der Waals surface area contributed by atoms with Gasteiger partial charge in [0.1, 0.15) is 11.6 Å². The van der Waals surface area contributed by atoms with Crippen molar-refractivity contribution in [3.8, 4) is 0 Å². The van der Waals surface area contributed by atoms with Gasteiger partial charge >= 0.3 is 0 Å². The minimum absolute atomic E-state index is 0.0719. The second-order valence-electron chi connectivity index (χ2n) is 5.85. The Bertz CT molecular complexity index is 549. The zero-order valence-corrected chi connectivity index (χ0v) is 14.1. The van der Waals surface area contributed by atoms with Gasteiger partial charge in [0.2, 0.25) is 0 Å². The lowest BCUT2D eigenvalue weighted by molar-refractivity contribution is 0.0347. The van der Waals surface area contributed by atoms with Crippen LogP contribution >= 0.6 is 0 Å². The van der Waals surface area contributed by atoms with E-state index in [0.29, 0.717) is 37.7 Å². The van der Waals surface area contributed by atoms with E-state index in [9.17, 15) is 8.78 Å². The number of guanidine groups is 1. The predicted octanol–water partition coefficient (Wildman–Crippen LogP) is 1.87. The van der Waals surface area contributed by atoms with Crippen LogP contribution in [0.4, 0.5) is 8.78 Å². The quantitative estimate of drug-likeness (QED) is 0.587. The SMILES string of the molecule is CN=C(NCCc1cc(F)ccc1F)NC(C)COC1CCOC1. The first-order chi connectivity index (χ1) is 11.6. The molecule has 24 heavy (non-hydrogen) atoms. The minimum atomic E-state index is -0.435. The number of hydrogen-bond donors (Lipinski definition) is 2. The summed E-state index contributed by atoms with van der Waals surface area (Å²) in [5.74, 6) is -0.233. The van der Waals surface area contributed by atoms with Crippen LogP contribution in [-0.4, -0.2) is 51.5 Å². The fourth-order valence-corrected chi connectivity index (χ4v) is 2.44. The topological polar surface area (TPSA) is 54.9 Å². The van der Waals surface area contributed by atoms with Gasteiger partial charge in [-0.3, -0.25) is 4.99 Å². The third-order valence-corrected chi connectivity index (χ3v) is 3.77. The maximum absolute atomic E-state index is 13.6. The highest BCUT2D eigenvalue weighted by molar-refractivity contribution is 5.79. The summed E-state index contributed by atoms with van der Waals surface area (Å²) in [5.41, 5.74) is 0.343. The van der Waals surface area contributed by atoms with Crippen LogP contribution in [0.15, 0.2) is 23.2 Å². The first-order valence-corrected chi connectivity index (χ1v) is 8.19. The van der Waals surface area contributed by atoms with Gasteiger partial charge in [-0.05, 0) is 43.5 Å². The molecule has 0 spiro atoms. The maximum atomic E-state index is 13.6. The smallest absolute Gasteiger partial charge is 0.191 e. The molecule has 134 valence electrons. The Morgan fingerprint density at radius 2 is 2.29 bits per heavy atom. The molecule has 0 bridgehead atoms. The van der Waals surface area contributed by atoms with Gasteiger partial charge in [0.25, 0.3) is 0 Å². The van der Waals surface area contributed by atoms with Crippen molar-refractivity contribution < 1.29 is 18.3 Å². The van der Waals surface area contributed by atoms with E-state index in [4.69, 9.17) is 9.47 Å². The zero-order chi connectivity index (χ0) is 17.4. The summed E-state index contributed by atoms with van der Waals surface area (Å²) in [7, 11) is 1.66. The largest absolute Gasteiger partial charge is 0.379 e. The van der Waals surface area contributed by atoms with Gasteiger partial charge in [-0.2, -0.15) is 0 Å². The number of halogens is 2. The fourth-order valence-electron chi connectivity index (χ4n) is 2.44. The number of nitrogens with zero attached hydrogens (tertiary/aromatic N) is 1. The van der Waals surface area contributed by atoms with Gasteiger partial charge < -0.3 is 20.1 Å². The molecule has 1 fully saturated rings. The number of aliphatic imine (C=N–C) groups is 1. The van der Waals surface area contributed by atoms with E-state index in [1.165, 1.54) is 6.07 Å². The van der Waals surface area contributed by atoms with Crippen molar-refractivity contribution >= 4 is 5.96 Å². The first-order valence-electron chi connectivity index (χ1n) is 8.19. The average molecular weight is 341 g/mol. The van der Waals surface area contributed by atoms with Gasteiger partial charge in [-0.15, -0.1) is 0 Å². The lowest BCUT2D eigenvalue weighted by Crippen LogP contribution is -2.45. The van der Waals surface area contributed by atoms with E-state index < -0.39 is 11.6 Å². The summed E-state index contributed by atoms with van der Waals surface area (Å²) in [4.78, 5) is 4.13. The molecule has 2 N–H and O–H groups in total. The van der Waals surface area contributed by atoms with Crippen LogP contribution in [-0.2, 0) is 15.9 Å². The van der Waals surface area contributed by atoms with E-state index in [1.807, 2.05) is 6.92 Å². The number of nitrogens with one attached hydrogen (secondary N) is 2. The minimum Gasteiger partial charge on any atom is -0.379 e. The summed E-state index contributed by atoms with van der Waals surface area (Å²) in [5, 5.41) is 6.30. The molecule has 0 radical (unpaired) electrons. The molecule has 0 saturated carbocycles. The van der Waals surface area contributed by atoms with Crippen LogP contribution in [0.25, 0.3) is 0 Å². The Labute approximate surface area is 141 Å². The first kappa shape index (κ1) is 18.6. The molecule has 0 aliphatic carbocycles. The molecule has 0 aromatic heterocycles. The second-order valence-corrected chi connectivity index (χ2v) is 5.85. The molecular weight excluding hydrogens is 316 g/mol. The third-order valence-electron chi connectivity index (χ3n) is 3.77. The van der Waals surface area contributed by atoms with Crippen LogP contribution in [0.2, 0.25) is 0 Å². The van der Waals surface area contributed by atoms with Crippen molar-refractivity contribution in [1.29, 1.82) is 0 Å². The molecule has 1 saturated heterocycles. The molecule has 0 amide bonds. The van der Waals surface area contributed by atoms with Crippen LogP contribution in [0.3, 0.4) is 0 Å². The predicted molar refractivity (Wildman–Crippen MR) is 89.2 cm³/mol. The molecule has 5 nitrogen and oxygen atoms in total. The molecule has 2 rings (SSSR count). The Morgan fingerprint density at radius 3 is 3.00 bits per heavy atom. The molecule has 1 aliphatic rings. The Hall–Kier alpha value is -1.73.